The van der Waals surface area contributed by atoms with Crippen LogP contribution in [0, 0.1) is 13.8 Å². The van der Waals surface area contributed by atoms with Gasteiger partial charge in [0.2, 0.25) is 0 Å². The molecule has 3 rings (SSSR count). The molecule has 0 bridgehead atoms. The second-order valence-corrected chi connectivity index (χ2v) is 5.60. The summed E-state index contributed by atoms with van der Waals surface area (Å²) in [6, 6.07) is 0. The number of nitrogens with zero attached hydrogens (tertiary/aromatic N) is 6. The van der Waals surface area contributed by atoms with E-state index in [4.69, 9.17) is 5.73 Å². The van der Waals surface area contributed by atoms with Gasteiger partial charge >= 0.3 is 0 Å². The standard InChI is InChI=1S/C13H21N7O/c1-9-13(14)10(2)20(17-9)6-11(21)5-18-3-4-19-8-15-16-12(19)7-18/h8,11,21H,3-7,14H2,1-2H3. The molecule has 3 heterocycles. The van der Waals surface area contributed by atoms with Gasteiger partial charge in [0.15, 0.2) is 0 Å². The molecule has 1 atom stereocenters. The zero-order valence-electron chi connectivity index (χ0n) is 12.4. The Morgan fingerprint density at radius 1 is 1.33 bits per heavy atom. The third-order valence-corrected chi connectivity index (χ3v) is 4.01. The van der Waals surface area contributed by atoms with Crippen molar-refractivity contribution in [1.82, 2.24) is 29.4 Å². The van der Waals surface area contributed by atoms with Gasteiger partial charge in [-0.3, -0.25) is 9.58 Å². The van der Waals surface area contributed by atoms with Crippen LogP contribution < -0.4 is 5.73 Å². The minimum absolute atomic E-state index is 0.451. The van der Waals surface area contributed by atoms with Gasteiger partial charge in [0.1, 0.15) is 12.2 Å². The zero-order chi connectivity index (χ0) is 15.0. The molecule has 0 amide bonds. The maximum Gasteiger partial charge on any atom is 0.147 e. The van der Waals surface area contributed by atoms with Gasteiger partial charge < -0.3 is 15.4 Å². The minimum atomic E-state index is -0.489. The number of rotatable bonds is 4. The van der Waals surface area contributed by atoms with Crippen molar-refractivity contribution < 1.29 is 5.11 Å². The fourth-order valence-corrected chi connectivity index (χ4v) is 2.72. The number of hydrogen-bond acceptors (Lipinski definition) is 6. The molecule has 0 fully saturated rings. The van der Waals surface area contributed by atoms with Crippen molar-refractivity contribution in [3.63, 3.8) is 0 Å². The Balaban J connectivity index is 1.60. The van der Waals surface area contributed by atoms with Gasteiger partial charge in [0.05, 0.1) is 36.3 Å². The summed E-state index contributed by atoms with van der Waals surface area (Å²) in [6.07, 6.45) is 1.26. The number of aromatic nitrogens is 5. The normalized spacial score (nSPS) is 16.9. The van der Waals surface area contributed by atoms with Crippen molar-refractivity contribution in [2.75, 3.05) is 18.8 Å². The van der Waals surface area contributed by atoms with E-state index in [-0.39, 0.29) is 0 Å². The first-order chi connectivity index (χ1) is 10.0. The Morgan fingerprint density at radius 2 is 2.14 bits per heavy atom. The number of nitrogen functional groups attached to an aromatic ring is 1. The first-order valence-electron chi connectivity index (χ1n) is 7.11. The van der Waals surface area contributed by atoms with Crippen LogP contribution in [0.25, 0.3) is 0 Å². The van der Waals surface area contributed by atoms with Crippen LogP contribution in [-0.2, 0) is 19.6 Å². The lowest BCUT2D eigenvalue weighted by atomic mass is 10.2. The van der Waals surface area contributed by atoms with Crippen LogP contribution >= 0.6 is 0 Å². The van der Waals surface area contributed by atoms with Crippen molar-refractivity contribution >= 4 is 5.69 Å². The highest BCUT2D eigenvalue weighted by atomic mass is 16.3. The van der Waals surface area contributed by atoms with Gasteiger partial charge in [-0.25, -0.2) is 0 Å². The molecular weight excluding hydrogens is 270 g/mol. The number of aliphatic hydroxyl groups is 1. The summed E-state index contributed by atoms with van der Waals surface area (Å²) in [6.45, 7) is 7.31. The van der Waals surface area contributed by atoms with E-state index in [1.54, 1.807) is 11.0 Å². The average molecular weight is 291 g/mol. The Hall–Kier alpha value is -1.93. The van der Waals surface area contributed by atoms with Crippen LogP contribution in [0.1, 0.15) is 17.2 Å². The topological polar surface area (TPSA) is 98.0 Å². The van der Waals surface area contributed by atoms with E-state index < -0.39 is 6.10 Å². The van der Waals surface area contributed by atoms with Crippen LogP contribution in [0.2, 0.25) is 0 Å². The van der Waals surface area contributed by atoms with E-state index >= 15 is 0 Å². The molecule has 8 nitrogen and oxygen atoms in total. The van der Waals surface area contributed by atoms with E-state index in [0.29, 0.717) is 18.8 Å². The molecule has 3 N–H and O–H groups in total. The van der Waals surface area contributed by atoms with Crippen molar-refractivity contribution in [3.8, 4) is 0 Å². The minimum Gasteiger partial charge on any atom is -0.396 e. The Kier molecular flexibility index (Phi) is 3.64. The quantitative estimate of drug-likeness (QED) is 0.792. The number of nitrogens with two attached hydrogens (primary N) is 1. The number of fused-ring (bicyclic) bond motifs is 1. The summed E-state index contributed by atoms with van der Waals surface area (Å²) < 4.78 is 3.83. The Labute approximate surface area is 123 Å². The van der Waals surface area contributed by atoms with Gasteiger partial charge in [-0.1, -0.05) is 0 Å². The zero-order valence-corrected chi connectivity index (χ0v) is 12.4. The maximum absolute atomic E-state index is 10.3. The highest BCUT2D eigenvalue weighted by Crippen LogP contribution is 2.16. The number of hydrogen-bond donors (Lipinski definition) is 2. The summed E-state index contributed by atoms with van der Waals surface area (Å²) in [5.74, 6) is 0.948. The molecule has 0 radical (unpaired) electrons. The van der Waals surface area contributed by atoms with Crippen LogP contribution in [0.15, 0.2) is 6.33 Å². The molecule has 0 aromatic carbocycles. The first kappa shape index (κ1) is 14.0. The summed E-state index contributed by atoms with van der Waals surface area (Å²) in [5, 5.41) is 22.6. The Bertz CT molecular complexity index is 632. The van der Waals surface area contributed by atoms with Gasteiger partial charge in [-0.15, -0.1) is 10.2 Å². The molecule has 8 heteroatoms. The molecule has 0 aliphatic carbocycles. The number of anilines is 1. The molecule has 1 aliphatic heterocycles. The van der Waals surface area contributed by atoms with E-state index in [1.807, 2.05) is 18.4 Å². The highest BCUT2D eigenvalue weighted by Gasteiger charge is 2.20. The molecule has 21 heavy (non-hydrogen) atoms. The molecule has 2 aromatic heterocycles. The van der Waals surface area contributed by atoms with Crippen LogP contribution in [0.5, 0.6) is 0 Å². The van der Waals surface area contributed by atoms with E-state index in [9.17, 15) is 5.11 Å². The van der Waals surface area contributed by atoms with Gasteiger partial charge in [0, 0.05) is 19.6 Å². The lowest BCUT2D eigenvalue weighted by Crippen LogP contribution is -2.40. The van der Waals surface area contributed by atoms with E-state index in [2.05, 4.69) is 20.2 Å². The largest absolute Gasteiger partial charge is 0.396 e. The maximum atomic E-state index is 10.3. The molecule has 0 saturated heterocycles. The predicted molar refractivity (Wildman–Crippen MR) is 77.4 cm³/mol. The smallest absolute Gasteiger partial charge is 0.147 e. The Morgan fingerprint density at radius 3 is 2.86 bits per heavy atom. The number of aliphatic hydroxyl groups excluding tert-OH is 1. The van der Waals surface area contributed by atoms with E-state index in [0.717, 1.165) is 36.8 Å². The fourth-order valence-electron chi connectivity index (χ4n) is 2.72. The summed E-state index contributed by atoms with van der Waals surface area (Å²) in [7, 11) is 0. The molecule has 0 spiro atoms. The van der Waals surface area contributed by atoms with Crippen molar-refractivity contribution in [3.05, 3.63) is 23.5 Å². The van der Waals surface area contributed by atoms with Crippen molar-refractivity contribution in [2.24, 2.45) is 0 Å². The van der Waals surface area contributed by atoms with Gasteiger partial charge in [-0.2, -0.15) is 5.10 Å². The molecule has 114 valence electrons. The third kappa shape index (κ3) is 2.77. The van der Waals surface area contributed by atoms with Crippen molar-refractivity contribution in [1.29, 1.82) is 0 Å². The number of β-amino-alcohol motifs (C(OH)–C–C–N with tert-alkyl or cyclic N) is 1. The molecule has 1 unspecified atom stereocenters. The van der Waals surface area contributed by atoms with Gasteiger partial charge in [-0.05, 0) is 13.8 Å². The SMILES string of the molecule is Cc1nn(CC(O)CN2CCn3cnnc3C2)c(C)c1N. The number of aryl methyl sites for hydroxylation is 1. The molecule has 2 aromatic rings. The first-order valence-corrected chi connectivity index (χ1v) is 7.11. The molecule has 0 saturated carbocycles. The van der Waals surface area contributed by atoms with E-state index in [1.165, 1.54) is 0 Å². The molecular formula is C13H21N7O. The lowest BCUT2D eigenvalue weighted by Gasteiger charge is -2.28. The summed E-state index contributed by atoms with van der Waals surface area (Å²) in [4.78, 5) is 2.18. The van der Waals surface area contributed by atoms with Crippen LogP contribution in [0.4, 0.5) is 5.69 Å². The second kappa shape index (κ2) is 5.45. The third-order valence-electron chi connectivity index (χ3n) is 4.01. The summed E-state index contributed by atoms with van der Waals surface area (Å²) in [5.41, 5.74) is 8.33. The monoisotopic (exact) mass is 291 g/mol. The highest BCUT2D eigenvalue weighted by molar-refractivity contribution is 5.46. The second-order valence-electron chi connectivity index (χ2n) is 5.60. The summed E-state index contributed by atoms with van der Waals surface area (Å²) >= 11 is 0. The molecule has 1 aliphatic rings. The van der Waals surface area contributed by atoms with Crippen LogP contribution in [-0.4, -0.2) is 53.7 Å². The average Bonchev–Trinajstić information content (AvgIpc) is 3.00. The van der Waals surface area contributed by atoms with Crippen LogP contribution in [0.3, 0.4) is 0 Å². The lowest BCUT2D eigenvalue weighted by molar-refractivity contribution is 0.0806. The van der Waals surface area contributed by atoms with Crippen molar-refractivity contribution in [2.45, 2.75) is 39.6 Å². The predicted octanol–water partition coefficient (Wildman–Crippen LogP) is -0.450. The fraction of sp³-hybridized carbons (Fsp3) is 0.615. The van der Waals surface area contributed by atoms with Gasteiger partial charge in [0.25, 0.3) is 0 Å².